The molecule has 17 heavy (non-hydrogen) atoms. The van der Waals surface area contributed by atoms with E-state index in [1.807, 2.05) is 25.1 Å². The number of hydrogen-bond donors (Lipinski definition) is 1. The van der Waals surface area contributed by atoms with Crippen LogP contribution in [0, 0.1) is 6.92 Å². The summed E-state index contributed by atoms with van der Waals surface area (Å²) in [6.45, 7) is 1.94. The molecule has 0 spiro atoms. The zero-order valence-corrected chi connectivity index (χ0v) is 10.8. The number of rotatable bonds is 3. The van der Waals surface area contributed by atoms with Crippen LogP contribution < -0.4 is 15.2 Å². The Kier molecular flexibility index (Phi) is 3.19. The van der Waals surface area contributed by atoms with Crippen molar-refractivity contribution >= 4 is 16.3 Å². The molecule has 0 unspecified atom stereocenters. The second kappa shape index (κ2) is 4.63. The predicted octanol–water partition coefficient (Wildman–Crippen LogP) is 2.72. The fourth-order valence-corrected chi connectivity index (χ4v) is 2.35. The number of benzene rings is 1. The van der Waals surface area contributed by atoms with Crippen molar-refractivity contribution in [2.75, 3.05) is 20.0 Å². The second-order valence-electron chi connectivity index (χ2n) is 3.52. The Morgan fingerprint density at radius 3 is 2.41 bits per heavy atom. The molecular weight excluding hydrogens is 236 g/mol. The summed E-state index contributed by atoms with van der Waals surface area (Å²) >= 11 is 1.48. The second-order valence-corrected chi connectivity index (χ2v) is 4.75. The number of thiazole rings is 1. The first-order valence-electron chi connectivity index (χ1n) is 5.11. The van der Waals surface area contributed by atoms with Crippen LogP contribution in [0.5, 0.6) is 11.5 Å². The lowest BCUT2D eigenvalue weighted by Crippen LogP contribution is -1.92. The van der Waals surface area contributed by atoms with Gasteiger partial charge >= 0.3 is 0 Å². The topological polar surface area (TPSA) is 57.4 Å². The highest BCUT2D eigenvalue weighted by Gasteiger charge is 2.11. The summed E-state index contributed by atoms with van der Waals surface area (Å²) in [5.74, 6) is 1.37. The fourth-order valence-electron chi connectivity index (χ4n) is 1.63. The van der Waals surface area contributed by atoms with Crippen LogP contribution in [0.2, 0.25) is 0 Å². The number of ether oxygens (including phenoxy) is 2. The fraction of sp³-hybridized carbons (Fsp3) is 0.250. The average molecular weight is 250 g/mol. The van der Waals surface area contributed by atoms with Gasteiger partial charge in [-0.2, -0.15) is 0 Å². The maximum Gasteiger partial charge on any atom is 0.161 e. The van der Waals surface area contributed by atoms with Gasteiger partial charge in [0.25, 0.3) is 0 Å². The molecule has 0 aliphatic rings. The number of aryl methyl sites for hydroxylation is 1. The third-order valence-corrected chi connectivity index (χ3v) is 3.22. The molecule has 4 nitrogen and oxygen atoms in total. The van der Waals surface area contributed by atoms with Gasteiger partial charge in [-0.1, -0.05) is 0 Å². The van der Waals surface area contributed by atoms with Gasteiger partial charge in [-0.3, -0.25) is 0 Å². The van der Waals surface area contributed by atoms with E-state index in [2.05, 4.69) is 4.98 Å². The Labute approximate surface area is 104 Å². The van der Waals surface area contributed by atoms with Crippen LogP contribution >= 0.6 is 11.3 Å². The summed E-state index contributed by atoms with van der Waals surface area (Å²) in [7, 11) is 3.22. The highest BCUT2D eigenvalue weighted by atomic mass is 32.1. The first-order valence-corrected chi connectivity index (χ1v) is 5.92. The molecule has 0 bridgehead atoms. The van der Waals surface area contributed by atoms with Crippen LogP contribution in [-0.4, -0.2) is 19.2 Å². The Morgan fingerprint density at radius 1 is 1.18 bits per heavy atom. The first kappa shape index (κ1) is 11.7. The summed E-state index contributed by atoms with van der Waals surface area (Å²) in [5.41, 5.74) is 7.65. The lowest BCUT2D eigenvalue weighted by atomic mass is 10.1. The number of methoxy groups -OCH3 is 2. The Bertz CT molecular complexity index is 537. The maximum absolute atomic E-state index is 5.92. The molecule has 0 fully saturated rings. The summed E-state index contributed by atoms with van der Waals surface area (Å²) < 4.78 is 10.4. The lowest BCUT2D eigenvalue weighted by molar-refractivity contribution is 0.355. The Morgan fingerprint density at radius 2 is 1.88 bits per heavy atom. The van der Waals surface area contributed by atoms with Crippen LogP contribution in [0.3, 0.4) is 0 Å². The van der Waals surface area contributed by atoms with E-state index in [1.54, 1.807) is 14.2 Å². The molecule has 2 rings (SSSR count). The van der Waals surface area contributed by atoms with Gasteiger partial charge in [-0.15, -0.1) is 11.3 Å². The highest BCUT2D eigenvalue weighted by molar-refractivity contribution is 7.16. The molecule has 1 aromatic heterocycles. The van der Waals surface area contributed by atoms with Crippen molar-refractivity contribution in [3.8, 4) is 22.8 Å². The van der Waals surface area contributed by atoms with Crippen molar-refractivity contribution in [1.82, 2.24) is 4.98 Å². The van der Waals surface area contributed by atoms with Crippen molar-refractivity contribution < 1.29 is 9.47 Å². The molecule has 2 aromatic rings. The van der Waals surface area contributed by atoms with Crippen LogP contribution in [-0.2, 0) is 0 Å². The standard InChI is InChI=1S/C12H14N2O2S/c1-7-14-11(12(13)17-7)8-4-5-9(15-2)10(6-8)16-3/h4-6H,13H2,1-3H3. The summed E-state index contributed by atoms with van der Waals surface area (Å²) in [4.78, 5) is 4.41. The number of anilines is 1. The van der Waals surface area contributed by atoms with E-state index in [-0.39, 0.29) is 0 Å². The average Bonchev–Trinajstić information content (AvgIpc) is 2.67. The van der Waals surface area contributed by atoms with Gasteiger partial charge in [-0.25, -0.2) is 4.98 Å². The zero-order valence-electron chi connectivity index (χ0n) is 9.98. The number of hydrogen-bond acceptors (Lipinski definition) is 5. The summed E-state index contributed by atoms with van der Waals surface area (Å²) in [6.07, 6.45) is 0. The van der Waals surface area contributed by atoms with Crippen molar-refractivity contribution in [2.24, 2.45) is 0 Å². The van der Waals surface area contributed by atoms with Gasteiger partial charge in [-0.05, 0) is 25.1 Å². The molecule has 2 N–H and O–H groups in total. The third kappa shape index (κ3) is 2.19. The van der Waals surface area contributed by atoms with Crippen molar-refractivity contribution in [2.45, 2.75) is 6.92 Å². The van der Waals surface area contributed by atoms with E-state index in [1.165, 1.54) is 11.3 Å². The number of nitrogens with zero attached hydrogens (tertiary/aromatic N) is 1. The van der Waals surface area contributed by atoms with E-state index in [4.69, 9.17) is 15.2 Å². The van der Waals surface area contributed by atoms with Crippen LogP contribution in [0.1, 0.15) is 5.01 Å². The van der Waals surface area contributed by atoms with Crippen LogP contribution in [0.4, 0.5) is 5.00 Å². The van der Waals surface area contributed by atoms with Gasteiger partial charge in [0, 0.05) is 5.56 Å². The van der Waals surface area contributed by atoms with E-state index in [0.29, 0.717) is 11.5 Å². The third-order valence-electron chi connectivity index (χ3n) is 2.42. The summed E-state index contributed by atoms with van der Waals surface area (Å²) in [6, 6.07) is 5.65. The molecule has 0 saturated carbocycles. The van der Waals surface area contributed by atoms with E-state index >= 15 is 0 Å². The predicted molar refractivity (Wildman–Crippen MR) is 69.8 cm³/mol. The Balaban J connectivity index is 2.50. The molecule has 0 radical (unpaired) electrons. The largest absolute Gasteiger partial charge is 0.493 e. The molecule has 5 heteroatoms. The van der Waals surface area contributed by atoms with Gasteiger partial charge < -0.3 is 15.2 Å². The Hall–Kier alpha value is -1.75. The van der Waals surface area contributed by atoms with Crippen LogP contribution in [0.25, 0.3) is 11.3 Å². The molecule has 90 valence electrons. The van der Waals surface area contributed by atoms with Crippen LogP contribution in [0.15, 0.2) is 18.2 Å². The SMILES string of the molecule is COc1ccc(-c2nc(C)sc2N)cc1OC. The van der Waals surface area contributed by atoms with Gasteiger partial charge in [0.1, 0.15) is 10.7 Å². The minimum atomic E-state index is 0.676. The first-order chi connectivity index (χ1) is 8.15. The zero-order chi connectivity index (χ0) is 12.4. The minimum absolute atomic E-state index is 0.676. The smallest absolute Gasteiger partial charge is 0.161 e. The van der Waals surface area contributed by atoms with E-state index < -0.39 is 0 Å². The van der Waals surface area contributed by atoms with Gasteiger partial charge in [0.15, 0.2) is 11.5 Å². The molecule has 0 saturated heterocycles. The van der Waals surface area contributed by atoms with Crippen molar-refractivity contribution in [3.63, 3.8) is 0 Å². The molecule has 0 aliphatic heterocycles. The van der Waals surface area contributed by atoms with Crippen molar-refractivity contribution in [3.05, 3.63) is 23.2 Å². The number of nitrogens with two attached hydrogens (primary N) is 1. The van der Waals surface area contributed by atoms with E-state index in [9.17, 15) is 0 Å². The maximum atomic E-state index is 5.92. The normalized spacial score (nSPS) is 10.3. The summed E-state index contributed by atoms with van der Waals surface area (Å²) in [5, 5.41) is 1.67. The quantitative estimate of drug-likeness (QED) is 0.910. The van der Waals surface area contributed by atoms with Gasteiger partial charge in [0.2, 0.25) is 0 Å². The number of aromatic nitrogens is 1. The molecule has 0 amide bonds. The molecule has 1 heterocycles. The van der Waals surface area contributed by atoms with E-state index in [0.717, 1.165) is 21.3 Å². The minimum Gasteiger partial charge on any atom is -0.493 e. The molecular formula is C12H14N2O2S. The molecule has 0 aliphatic carbocycles. The molecule has 1 aromatic carbocycles. The van der Waals surface area contributed by atoms with Gasteiger partial charge in [0.05, 0.1) is 19.2 Å². The van der Waals surface area contributed by atoms with Crippen molar-refractivity contribution in [1.29, 1.82) is 0 Å². The highest BCUT2D eigenvalue weighted by Crippen LogP contribution is 2.35. The molecule has 0 atom stereocenters. The monoisotopic (exact) mass is 250 g/mol. The number of nitrogen functional groups attached to an aromatic ring is 1. The lowest BCUT2D eigenvalue weighted by Gasteiger charge is -2.08.